The Kier molecular flexibility index (Phi) is 7.17. The number of piperidine rings is 1. The minimum atomic E-state index is -0.473. The first kappa shape index (κ1) is 20.8. The Morgan fingerprint density at radius 2 is 2.08 bits per heavy atom. The molecule has 2 rings (SSSR count). The number of hydrogen-bond acceptors (Lipinski definition) is 4. The maximum absolute atomic E-state index is 12.2. The molecule has 0 bridgehead atoms. The summed E-state index contributed by atoms with van der Waals surface area (Å²) in [4.78, 5) is 18.3. The first-order valence-electron chi connectivity index (χ1n) is 8.61. The van der Waals surface area contributed by atoms with Crippen molar-refractivity contribution in [3.8, 4) is 0 Å². The van der Waals surface area contributed by atoms with Gasteiger partial charge >= 0.3 is 6.09 Å². The van der Waals surface area contributed by atoms with Crippen LogP contribution in [-0.2, 0) is 4.74 Å². The summed E-state index contributed by atoms with van der Waals surface area (Å²) < 4.78 is 6.36. The number of anilines is 1. The molecule has 1 aromatic carbocycles. The summed E-state index contributed by atoms with van der Waals surface area (Å²) in [7, 11) is 0. The number of aliphatic imine (C=N–C) groups is 1. The number of carbonyl (C=O) groups excluding carboxylic acids is 1. The van der Waals surface area contributed by atoms with Crippen LogP contribution >= 0.6 is 27.5 Å². The van der Waals surface area contributed by atoms with Crippen LogP contribution in [0.1, 0.15) is 33.6 Å². The highest BCUT2D eigenvalue weighted by atomic mass is 79.9. The van der Waals surface area contributed by atoms with Crippen LogP contribution in [0, 0.1) is 0 Å². The van der Waals surface area contributed by atoms with Gasteiger partial charge in [-0.3, -0.25) is 0 Å². The van der Waals surface area contributed by atoms with E-state index in [4.69, 9.17) is 22.1 Å². The molecule has 0 saturated carbocycles. The third-order valence-corrected chi connectivity index (χ3v) is 4.63. The standard InChI is InChI=1S/C18H26BrClN4O2/c1-18(2,3)26-17(25)24-8-6-13(7-9-24)22-14-5-4-12(19)10-15(14)23-16(21)11-20/h4-5,10,13,22H,6-9,11H2,1-3H3,(H2,21,23). The van der Waals surface area contributed by atoms with E-state index >= 15 is 0 Å². The second-order valence-corrected chi connectivity index (χ2v) is 8.47. The first-order chi connectivity index (χ1) is 12.2. The van der Waals surface area contributed by atoms with Crippen molar-refractivity contribution in [2.45, 2.75) is 45.3 Å². The quantitative estimate of drug-likeness (QED) is 0.406. The topological polar surface area (TPSA) is 80.0 Å². The molecule has 0 spiro atoms. The molecule has 1 fully saturated rings. The van der Waals surface area contributed by atoms with Crippen molar-refractivity contribution in [3.05, 3.63) is 22.7 Å². The number of nitrogens with two attached hydrogens (primary N) is 1. The molecule has 0 radical (unpaired) electrons. The van der Waals surface area contributed by atoms with Gasteiger partial charge in [-0.05, 0) is 51.8 Å². The fraction of sp³-hybridized carbons (Fsp3) is 0.556. The number of amidine groups is 1. The Labute approximate surface area is 168 Å². The predicted octanol–water partition coefficient (Wildman–Crippen LogP) is 4.49. The molecule has 1 aromatic rings. The van der Waals surface area contributed by atoms with E-state index in [1.54, 1.807) is 4.90 Å². The molecule has 1 aliphatic heterocycles. The average molecular weight is 446 g/mol. The van der Waals surface area contributed by atoms with Gasteiger partial charge in [0.1, 0.15) is 11.4 Å². The molecular formula is C18H26BrClN4O2. The number of halogens is 2. The van der Waals surface area contributed by atoms with Gasteiger partial charge < -0.3 is 20.7 Å². The Balaban J connectivity index is 1.98. The van der Waals surface area contributed by atoms with E-state index in [-0.39, 0.29) is 18.0 Å². The zero-order chi connectivity index (χ0) is 19.3. The largest absolute Gasteiger partial charge is 0.444 e. The van der Waals surface area contributed by atoms with Crippen molar-refractivity contribution in [2.24, 2.45) is 10.7 Å². The van der Waals surface area contributed by atoms with Gasteiger partial charge in [0.2, 0.25) is 0 Å². The van der Waals surface area contributed by atoms with Crippen LogP contribution in [0.3, 0.4) is 0 Å². The lowest BCUT2D eigenvalue weighted by Gasteiger charge is -2.34. The molecule has 0 aromatic heterocycles. The number of benzene rings is 1. The van der Waals surface area contributed by atoms with E-state index < -0.39 is 5.60 Å². The normalized spacial score (nSPS) is 16.5. The van der Waals surface area contributed by atoms with E-state index in [0.717, 1.165) is 28.7 Å². The van der Waals surface area contributed by atoms with Crippen LogP contribution in [0.25, 0.3) is 0 Å². The molecule has 1 aliphatic rings. The van der Waals surface area contributed by atoms with Crippen LogP contribution in [0.4, 0.5) is 16.2 Å². The van der Waals surface area contributed by atoms with Crippen LogP contribution in [0.2, 0.25) is 0 Å². The summed E-state index contributed by atoms with van der Waals surface area (Å²) in [6.07, 6.45) is 1.42. The van der Waals surface area contributed by atoms with E-state index in [2.05, 4.69) is 26.2 Å². The van der Waals surface area contributed by atoms with Gasteiger partial charge in [0.15, 0.2) is 0 Å². The summed E-state index contributed by atoms with van der Waals surface area (Å²) in [5.74, 6) is 0.549. The lowest BCUT2D eigenvalue weighted by atomic mass is 10.0. The van der Waals surface area contributed by atoms with Gasteiger partial charge in [-0.2, -0.15) is 0 Å². The molecular weight excluding hydrogens is 420 g/mol. The van der Waals surface area contributed by atoms with Gasteiger partial charge in [-0.25, -0.2) is 9.79 Å². The van der Waals surface area contributed by atoms with Crippen molar-refractivity contribution < 1.29 is 9.53 Å². The zero-order valence-electron chi connectivity index (χ0n) is 15.4. The van der Waals surface area contributed by atoms with E-state index in [0.29, 0.717) is 18.9 Å². The second kappa shape index (κ2) is 8.95. The number of ether oxygens (including phenoxy) is 1. The molecule has 1 amide bonds. The van der Waals surface area contributed by atoms with Gasteiger partial charge in [-0.15, -0.1) is 11.6 Å². The van der Waals surface area contributed by atoms with Gasteiger partial charge in [-0.1, -0.05) is 15.9 Å². The molecule has 1 heterocycles. The smallest absolute Gasteiger partial charge is 0.410 e. The second-order valence-electron chi connectivity index (χ2n) is 7.28. The predicted molar refractivity (Wildman–Crippen MR) is 111 cm³/mol. The number of likely N-dealkylation sites (tertiary alicyclic amines) is 1. The molecule has 6 nitrogen and oxygen atoms in total. The number of nitrogens with zero attached hydrogens (tertiary/aromatic N) is 2. The Morgan fingerprint density at radius 1 is 1.42 bits per heavy atom. The summed E-state index contributed by atoms with van der Waals surface area (Å²) >= 11 is 9.19. The molecule has 8 heteroatoms. The zero-order valence-corrected chi connectivity index (χ0v) is 17.7. The lowest BCUT2D eigenvalue weighted by molar-refractivity contribution is 0.0210. The molecule has 0 atom stereocenters. The fourth-order valence-corrected chi connectivity index (χ4v) is 3.07. The maximum atomic E-state index is 12.2. The van der Waals surface area contributed by atoms with Gasteiger partial charge in [0, 0.05) is 23.6 Å². The molecule has 26 heavy (non-hydrogen) atoms. The molecule has 3 N–H and O–H groups in total. The van der Waals surface area contributed by atoms with Crippen LogP contribution in [-0.4, -0.2) is 47.4 Å². The van der Waals surface area contributed by atoms with Crippen molar-refractivity contribution in [1.82, 2.24) is 4.90 Å². The van der Waals surface area contributed by atoms with E-state index in [1.165, 1.54) is 0 Å². The number of carbonyl (C=O) groups is 1. The van der Waals surface area contributed by atoms with E-state index in [9.17, 15) is 4.79 Å². The third kappa shape index (κ3) is 6.36. The minimum absolute atomic E-state index is 0.181. The van der Waals surface area contributed by atoms with Crippen molar-refractivity contribution in [3.63, 3.8) is 0 Å². The number of amides is 1. The Morgan fingerprint density at radius 3 is 2.65 bits per heavy atom. The summed E-state index contributed by atoms with van der Waals surface area (Å²) in [5.41, 5.74) is 6.95. The van der Waals surface area contributed by atoms with Crippen LogP contribution < -0.4 is 11.1 Å². The number of nitrogens with one attached hydrogen (secondary N) is 1. The molecule has 0 aliphatic carbocycles. The Bertz CT molecular complexity index is 668. The van der Waals surface area contributed by atoms with Gasteiger partial charge in [0.25, 0.3) is 0 Å². The number of rotatable bonds is 4. The van der Waals surface area contributed by atoms with Crippen LogP contribution in [0.5, 0.6) is 0 Å². The van der Waals surface area contributed by atoms with Crippen LogP contribution in [0.15, 0.2) is 27.7 Å². The highest BCUT2D eigenvalue weighted by Gasteiger charge is 2.27. The first-order valence-corrected chi connectivity index (χ1v) is 9.93. The fourth-order valence-electron chi connectivity index (χ4n) is 2.66. The number of alkyl halides is 1. The summed E-state index contributed by atoms with van der Waals surface area (Å²) in [5, 5.41) is 3.51. The molecule has 0 unspecified atom stereocenters. The average Bonchev–Trinajstić information content (AvgIpc) is 2.56. The highest BCUT2D eigenvalue weighted by molar-refractivity contribution is 9.10. The monoisotopic (exact) mass is 444 g/mol. The molecule has 1 saturated heterocycles. The van der Waals surface area contributed by atoms with Gasteiger partial charge in [0.05, 0.1) is 17.3 Å². The number of hydrogen-bond donors (Lipinski definition) is 2. The van der Waals surface area contributed by atoms with Crippen molar-refractivity contribution in [1.29, 1.82) is 0 Å². The lowest BCUT2D eigenvalue weighted by Crippen LogP contribution is -2.44. The summed E-state index contributed by atoms with van der Waals surface area (Å²) in [6, 6.07) is 6.07. The maximum Gasteiger partial charge on any atom is 0.410 e. The summed E-state index contributed by atoms with van der Waals surface area (Å²) in [6.45, 7) is 6.95. The van der Waals surface area contributed by atoms with Crippen molar-refractivity contribution in [2.75, 3.05) is 24.3 Å². The SMILES string of the molecule is CC(C)(C)OC(=O)N1CCC(Nc2ccc(Br)cc2N=C(N)CCl)CC1. The molecule has 144 valence electrons. The van der Waals surface area contributed by atoms with Crippen molar-refractivity contribution >= 4 is 50.8 Å². The highest BCUT2D eigenvalue weighted by Crippen LogP contribution is 2.30. The Hall–Kier alpha value is -1.47. The minimum Gasteiger partial charge on any atom is -0.444 e. The third-order valence-electron chi connectivity index (χ3n) is 3.87. The van der Waals surface area contributed by atoms with E-state index in [1.807, 2.05) is 39.0 Å².